The molecule has 2 aromatic rings. The van der Waals surface area contributed by atoms with Crippen LogP contribution in [0.4, 0.5) is 10.1 Å². The Morgan fingerprint density at radius 3 is 2.32 bits per heavy atom. The van der Waals surface area contributed by atoms with Gasteiger partial charge in [-0.15, -0.1) is 0 Å². The first-order valence-corrected chi connectivity index (χ1v) is 8.07. The molecule has 0 spiro atoms. The molecular formula is C19H19ClFNO3. The van der Waals surface area contributed by atoms with Crippen LogP contribution in [0.2, 0.25) is 5.02 Å². The van der Waals surface area contributed by atoms with Gasteiger partial charge in [0.05, 0.1) is 5.02 Å². The van der Waals surface area contributed by atoms with Gasteiger partial charge in [0.15, 0.2) is 12.4 Å². The van der Waals surface area contributed by atoms with Crippen molar-refractivity contribution in [3.05, 3.63) is 58.9 Å². The zero-order chi connectivity index (χ0) is 18.6. The zero-order valence-electron chi connectivity index (χ0n) is 14.2. The van der Waals surface area contributed by atoms with Crippen LogP contribution in [0, 0.1) is 11.2 Å². The summed E-state index contributed by atoms with van der Waals surface area (Å²) in [5, 5.41) is 2.89. The normalized spacial score (nSPS) is 11.1. The Kier molecular flexibility index (Phi) is 5.80. The third kappa shape index (κ3) is 5.29. The number of carbonyl (C=O) groups excluding carboxylic acids is 2. The number of Topliss-reactive ketones (excluding diaryl/α,β-unsaturated/α-hetero) is 1. The van der Waals surface area contributed by atoms with Crippen molar-refractivity contribution in [2.24, 2.45) is 5.41 Å². The zero-order valence-corrected chi connectivity index (χ0v) is 15.0. The maximum atomic E-state index is 13.0. The van der Waals surface area contributed by atoms with Crippen molar-refractivity contribution in [2.75, 3.05) is 11.9 Å². The standard InChI is InChI=1S/C19H19ClFNO3/c1-19(2,3)18(24)22-14-7-4-12(5-8-14)16(23)11-25-17-9-6-13(21)10-15(17)20/h4-10H,11H2,1-3H3,(H,22,24). The summed E-state index contributed by atoms with van der Waals surface area (Å²) in [7, 11) is 0. The fourth-order valence-electron chi connectivity index (χ4n) is 1.88. The first-order valence-electron chi connectivity index (χ1n) is 7.69. The van der Waals surface area contributed by atoms with Crippen LogP contribution in [-0.4, -0.2) is 18.3 Å². The summed E-state index contributed by atoms with van der Waals surface area (Å²) in [4.78, 5) is 24.1. The second-order valence-electron chi connectivity index (χ2n) is 6.57. The van der Waals surface area contributed by atoms with Crippen molar-refractivity contribution in [1.82, 2.24) is 0 Å². The SMILES string of the molecule is CC(C)(C)C(=O)Nc1ccc(C(=O)COc2ccc(F)cc2Cl)cc1. The van der Waals surface area contributed by atoms with Crippen LogP contribution in [-0.2, 0) is 4.79 Å². The lowest BCUT2D eigenvalue weighted by molar-refractivity contribution is -0.123. The van der Waals surface area contributed by atoms with Gasteiger partial charge in [-0.3, -0.25) is 9.59 Å². The topological polar surface area (TPSA) is 55.4 Å². The van der Waals surface area contributed by atoms with E-state index in [0.29, 0.717) is 11.3 Å². The maximum absolute atomic E-state index is 13.0. The fourth-order valence-corrected chi connectivity index (χ4v) is 2.10. The molecule has 6 heteroatoms. The number of amides is 1. The average Bonchev–Trinajstić information content (AvgIpc) is 2.53. The predicted molar refractivity (Wildman–Crippen MR) is 95.8 cm³/mol. The van der Waals surface area contributed by atoms with Crippen molar-refractivity contribution >= 4 is 29.0 Å². The van der Waals surface area contributed by atoms with Crippen molar-refractivity contribution in [2.45, 2.75) is 20.8 Å². The number of carbonyl (C=O) groups is 2. The minimum absolute atomic E-state index is 0.105. The van der Waals surface area contributed by atoms with Crippen LogP contribution in [0.25, 0.3) is 0 Å². The Morgan fingerprint density at radius 2 is 1.76 bits per heavy atom. The first-order chi connectivity index (χ1) is 11.7. The second kappa shape index (κ2) is 7.66. The van der Waals surface area contributed by atoms with E-state index in [1.807, 2.05) is 20.8 Å². The van der Waals surface area contributed by atoms with Gasteiger partial charge in [0.1, 0.15) is 11.6 Å². The third-order valence-electron chi connectivity index (χ3n) is 3.40. The molecule has 0 aromatic heterocycles. The molecule has 0 atom stereocenters. The highest BCUT2D eigenvalue weighted by Gasteiger charge is 2.21. The van der Waals surface area contributed by atoms with Crippen LogP contribution in [0.1, 0.15) is 31.1 Å². The largest absolute Gasteiger partial charge is 0.484 e. The molecule has 0 unspecified atom stereocenters. The summed E-state index contributed by atoms with van der Waals surface area (Å²) in [5.74, 6) is -0.600. The van der Waals surface area contributed by atoms with Gasteiger partial charge in [-0.2, -0.15) is 0 Å². The van der Waals surface area contributed by atoms with Gasteiger partial charge >= 0.3 is 0 Å². The van der Waals surface area contributed by atoms with Gasteiger partial charge in [0.25, 0.3) is 0 Å². The van der Waals surface area contributed by atoms with Crippen molar-refractivity contribution < 1.29 is 18.7 Å². The van der Waals surface area contributed by atoms with Crippen LogP contribution in [0.5, 0.6) is 5.75 Å². The van der Waals surface area contributed by atoms with E-state index in [4.69, 9.17) is 16.3 Å². The molecule has 0 aliphatic rings. The number of halogens is 2. The lowest BCUT2D eigenvalue weighted by Gasteiger charge is -2.17. The van der Waals surface area contributed by atoms with Crippen LogP contribution < -0.4 is 10.1 Å². The lowest BCUT2D eigenvalue weighted by atomic mass is 9.95. The van der Waals surface area contributed by atoms with Gasteiger partial charge < -0.3 is 10.1 Å². The monoisotopic (exact) mass is 363 g/mol. The highest BCUT2D eigenvalue weighted by atomic mass is 35.5. The molecule has 1 amide bonds. The number of nitrogens with one attached hydrogen (secondary N) is 1. The second-order valence-corrected chi connectivity index (χ2v) is 6.98. The van der Waals surface area contributed by atoms with Crippen LogP contribution in [0.15, 0.2) is 42.5 Å². The van der Waals surface area contributed by atoms with Gasteiger partial charge in [0, 0.05) is 16.7 Å². The average molecular weight is 364 g/mol. The smallest absolute Gasteiger partial charge is 0.229 e. The third-order valence-corrected chi connectivity index (χ3v) is 3.69. The molecule has 0 aliphatic heterocycles. The Balaban J connectivity index is 1.97. The van der Waals surface area contributed by atoms with Gasteiger partial charge in [-0.05, 0) is 42.5 Å². The molecule has 0 aliphatic carbocycles. The minimum Gasteiger partial charge on any atom is -0.484 e. The molecule has 25 heavy (non-hydrogen) atoms. The van der Waals surface area contributed by atoms with E-state index in [0.717, 1.165) is 6.07 Å². The lowest BCUT2D eigenvalue weighted by Crippen LogP contribution is -2.27. The van der Waals surface area contributed by atoms with Crippen LogP contribution in [0.3, 0.4) is 0 Å². The molecule has 0 heterocycles. The minimum atomic E-state index is -0.503. The Hall–Kier alpha value is -2.40. The molecule has 132 valence electrons. The molecule has 2 rings (SSSR count). The van der Waals surface area contributed by atoms with E-state index in [1.54, 1.807) is 24.3 Å². The number of hydrogen-bond donors (Lipinski definition) is 1. The number of ketones is 1. The number of rotatable bonds is 5. The molecule has 1 N–H and O–H groups in total. The number of anilines is 1. The first kappa shape index (κ1) is 18.9. The molecular weight excluding hydrogens is 345 g/mol. The van der Waals surface area contributed by atoms with E-state index in [9.17, 15) is 14.0 Å². The van der Waals surface area contributed by atoms with E-state index < -0.39 is 11.2 Å². The number of ether oxygens (including phenoxy) is 1. The Bertz CT molecular complexity index is 782. The summed E-state index contributed by atoms with van der Waals surface area (Å²) in [6.45, 7) is 5.23. The predicted octanol–water partition coefficient (Wildman–Crippen LogP) is 4.73. The van der Waals surface area contributed by atoms with E-state index in [2.05, 4.69) is 5.32 Å². The molecule has 2 aromatic carbocycles. The van der Waals surface area contributed by atoms with E-state index in [-0.39, 0.29) is 29.1 Å². The van der Waals surface area contributed by atoms with Crippen molar-refractivity contribution in [3.8, 4) is 5.75 Å². The molecule has 0 saturated heterocycles. The van der Waals surface area contributed by atoms with Crippen LogP contribution >= 0.6 is 11.6 Å². The summed E-state index contributed by atoms with van der Waals surface area (Å²) in [6.07, 6.45) is 0. The Labute approximate surface area is 150 Å². The highest BCUT2D eigenvalue weighted by molar-refractivity contribution is 6.32. The number of benzene rings is 2. The molecule has 0 fully saturated rings. The Morgan fingerprint density at radius 1 is 1.12 bits per heavy atom. The van der Waals surface area contributed by atoms with Crippen molar-refractivity contribution in [1.29, 1.82) is 0 Å². The maximum Gasteiger partial charge on any atom is 0.229 e. The molecule has 4 nitrogen and oxygen atoms in total. The summed E-state index contributed by atoms with van der Waals surface area (Å²) in [6, 6.07) is 10.2. The summed E-state index contributed by atoms with van der Waals surface area (Å²) in [5.41, 5.74) is 0.544. The van der Waals surface area contributed by atoms with Gasteiger partial charge in [-0.25, -0.2) is 4.39 Å². The molecule has 0 saturated carbocycles. The van der Waals surface area contributed by atoms with E-state index >= 15 is 0 Å². The fraction of sp³-hybridized carbons (Fsp3) is 0.263. The van der Waals surface area contributed by atoms with Crippen molar-refractivity contribution in [3.63, 3.8) is 0 Å². The highest BCUT2D eigenvalue weighted by Crippen LogP contribution is 2.25. The van der Waals surface area contributed by atoms with Gasteiger partial charge in [-0.1, -0.05) is 32.4 Å². The van der Waals surface area contributed by atoms with Gasteiger partial charge in [0.2, 0.25) is 5.91 Å². The number of hydrogen-bond acceptors (Lipinski definition) is 3. The summed E-state index contributed by atoms with van der Waals surface area (Å²) < 4.78 is 18.3. The molecule has 0 bridgehead atoms. The summed E-state index contributed by atoms with van der Waals surface area (Å²) >= 11 is 5.85. The van der Waals surface area contributed by atoms with E-state index in [1.165, 1.54) is 12.1 Å². The molecule has 0 radical (unpaired) electrons. The quantitative estimate of drug-likeness (QED) is 0.781.